The smallest absolute Gasteiger partial charge is 0.306 e. The number of aliphatic carboxylic acids is 1. The molecule has 1 amide bonds. The molecule has 3 rings (SSSR count). The van der Waals surface area contributed by atoms with Gasteiger partial charge in [-0.1, -0.05) is 6.92 Å². The van der Waals surface area contributed by atoms with E-state index in [2.05, 4.69) is 6.92 Å². The second-order valence-corrected chi connectivity index (χ2v) is 9.45. The van der Waals surface area contributed by atoms with Crippen LogP contribution in [0.5, 0.6) is 0 Å². The molecule has 1 aromatic carbocycles. The summed E-state index contributed by atoms with van der Waals surface area (Å²) in [5.74, 6) is -0.853. The maximum absolute atomic E-state index is 12.8. The highest BCUT2D eigenvalue weighted by Crippen LogP contribution is 2.24. The fraction of sp³-hybridized carbons (Fsp3) is 0.579. The maximum atomic E-state index is 12.8. The van der Waals surface area contributed by atoms with E-state index in [4.69, 9.17) is 5.11 Å². The summed E-state index contributed by atoms with van der Waals surface area (Å²) in [4.78, 5) is 25.5. The number of likely N-dealkylation sites (tertiary alicyclic amines) is 1. The standard InChI is InChI=1S/C19H26N2O5S/c1-14-6-12-21(13-7-14)27(25,26)17-4-2-15(3-5-17)18(22)20-10-8-16(9-11-20)19(23)24/h2-5,14,16H,6-13H2,1H3,(H,23,24). The number of piperidine rings is 2. The molecule has 0 spiro atoms. The Morgan fingerprint density at radius 3 is 2.04 bits per heavy atom. The first-order valence-electron chi connectivity index (χ1n) is 9.41. The lowest BCUT2D eigenvalue weighted by atomic mass is 9.96. The monoisotopic (exact) mass is 394 g/mol. The summed E-state index contributed by atoms with van der Waals surface area (Å²) in [6.07, 6.45) is 2.62. The lowest BCUT2D eigenvalue weighted by Crippen LogP contribution is -2.40. The van der Waals surface area contributed by atoms with Crippen molar-refractivity contribution >= 4 is 21.9 Å². The molecule has 27 heavy (non-hydrogen) atoms. The highest BCUT2D eigenvalue weighted by Gasteiger charge is 2.29. The number of benzene rings is 1. The summed E-state index contributed by atoms with van der Waals surface area (Å²) < 4.78 is 27.0. The van der Waals surface area contributed by atoms with Crippen LogP contribution >= 0.6 is 0 Å². The summed E-state index contributed by atoms with van der Waals surface area (Å²) in [6.45, 7) is 4.00. The van der Waals surface area contributed by atoms with Crippen LogP contribution in [0.4, 0.5) is 0 Å². The molecule has 2 heterocycles. The third-order valence-electron chi connectivity index (χ3n) is 5.61. The summed E-state index contributed by atoms with van der Waals surface area (Å²) >= 11 is 0. The predicted molar refractivity (Wildman–Crippen MR) is 99.9 cm³/mol. The number of nitrogens with zero attached hydrogens (tertiary/aromatic N) is 2. The molecule has 2 saturated heterocycles. The number of carboxylic acid groups (broad SMARTS) is 1. The van der Waals surface area contributed by atoms with E-state index in [1.165, 1.54) is 16.4 Å². The highest BCUT2D eigenvalue weighted by molar-refractivity contribution is 7.89. The molecular formula is C19H26N2O5S. The average molecular weight is 394 g/mol. The zero-order valence-electron chi connectivity index (χ0n) is 15.5. The van der Waals surface area contributed by atoms with Crippen LogP contribution in [0.15, 0.2) is 29.2 Å². The lowest BCUT2D eigenvalue weighted by Gasteiger charge is -2.30. The van der Waals surface area contributed by atoms with Gasteiger partial charge in [-0.25, -0.2) is 8.42 Å². The van der Waals surface area contributed by atoms with Crippen LogP contribution in [0, 0.1) is 11.8 Å². The molecule has 0 atom stereocenters. The molecule has 0 aliphatic carbocycles. The number of carboxylic acids is 1. The van der Waals surface area contributed by atoms with E-state index in [0.717, 1.165) is 12.8 Å². The SMILES string of the molecule is CC1CCN(S(=O)(=O)c2ccc(C(=O)N3CCC(C(=O)O)CC3)cc2)CC1. The molecule has 0 saturated carbocycles. The van der Waals surface area contributed by atoms with Gasteiger partial charge in [0.15, 0.2) is 0 Å². The molecule has 148 valence electrons. The van der Waals surface area contributed by atoms with Gasteiger partial charge in [0.1, 0.15) is 0 Å². The van der Waals surface area contributed by atoms with Crippen molar-refractivity contribution in [3.8, 4) is 0 Å². The molecule has 0 bridgehead atoms. The van der Waals surface area contributed by atoms with Crippen LogP contribution in [-0.2, 0) is 14.8 Å². The molecule has 2 aliphatic heterocycles. The molecule has 0 radical (unpaired) electrons. The zero-order valence-corrected chi connectivity index (χ0v) is 16.3. The van der Waals surface area contributed by atoms with Gasteiger partial charge in [-0.3, -0.25) is 9.59 Å². The van der Waals surface area contributed by atoms with Gasteiger partial charge < -0.3 is 10.0 Å². The Labute approximate surface area is 160 Å². The minimum absolute atomic E-state index is 0.186. The molecule has 1 aromatic rings. The second kappa shape index (κ2) is 7.98. The number of rotatable bonds is 4. The number of carbonyl (C=O) groups excluding carboxylic acids is 1. The van der Waals surface area contributed by atoms with E-state index in [1.807, 2.05) is 0 Å². The van der Waals surface area contributed by atoms with Crippen molar-refractivity contribution in [2.24, 2.45) is 11.8 Å². The van der Waals surface area contributed by atoms with E-state index >= 15 is 0 Å². The van der Waals surface area contributed by atoms with Crippen LogP contribution in [0.2, 0.25) is 0 Å². The normalized spacial score (nSPS) is 20.6. The summed E-state index contributed by atoms with van der Waals surface area (Å²) in [7, 11) is -3.53. The Balaban J connectivity index is 1.66. The largest absolute Gasteiger partial charge is 0.481 e. The van der Waals surface area contributed by atoms with Crippen LogP contribution in [-0.4, -0.2) is 60.8 Å². The molecule has 0 aromatic heterocycles. The van der Waals surface area contributed by atoms with Gasteiger partial charge in [0.05, 0.1) is 10.8 Å². The molecule has 1 N–H and O–H groups in total. The van der Waals surface area contributed by atoms with Gasteiger partial charge in [0.2, 0.25) is 10.0 Å². The quantitative estimate of drug-likeness (QED) is 0.843. The number of hydrogen-bond acceptors (Lipinski definition) is 4. The van der Waals surface area contributed by atoms with E-state index in [9.17, 15) is 18.0 Å². The molecule has 0 unspecified atom stereocenters. The van der Waals surface area contributed by atoms with Gasteiger partial charge in [0, 0.05) is 31.7 Å². The van der Waals surface area contributed by atoms with Crippen molar-refractivity contribution < 1.29 is 23.1 Å². The second-order valence-electron chi connectivity index (χ2n) is 7.52. The van der Waals surface area contributed by atoms with Crippen molar-refractivity contribution in [1.29, 1.82) is 0 Å². The summed E-state index contributed by atoms with van der Waals surface area (Å²) in [5, 5.41) is 9.04. The van der Waals surface area contributed by atoms with Crippen molar-refractivity contribution in [2.45, 2.75) is 37.5 Å². The van der Waals surface area contributed by atoms with Crippen molar-refractivity contribution in [2.75, 3.05) is 26.2 Å². The van der Waals surface area contributed by atoms with Gasteiger partial charge in [-0.05, 0) is 55.9 Å². The number of carbonyl (C=O) groups is 2. The first kappa shape index (κ1) is 19.8. The third-order valence-corrected chi connectivity index (χ3v) is 7.53. The average Bonchev–Trinajstić information content (AvgIpc) is 2.68. The summed E-state index contributed by atoms with van der Waals surface area (Å²) in [6, 6.07) is 6.07. The third kappa shape index (κ3) is 4.32. The first-order valence-corrected chi connectivity index (χ1v) is 10.9. The van der Waals surface area contributed by atoms with Crippen molar-refractivity contribution in [3.63, 3.8) is 0 Å². The Hall–Kier alpha value is -1.93. The number of sulfonamides is 1. The van der Waals surface area contributed by atoms with Gasteiger partial charge in [0.25, 0.3) is 5.91 Å². The van der Waals surface area contributed by atoms with E-state index in [0.29, 0.717) is 50.5 Å². The van der Waals surface area contributed by atoms with E-state index in [-0.39, 0.29) is 10.8 Å². The molecule has 2 fully saturated rings. The van der Waals surface area contributed by atoms with Gasteiger partial charge in [-0.15, -0.1) is 0 Å². The molecule has 8 heteroatoms. The highest BCUT2D eigenvalue weighted by atomic mass is 32.2. The Morgan fingerprint density at radius 2 is 1.52 bits per heavy atom. The molecule has 7 nitrogen and oxygen atoms in total. The maximum Gasteiger partial charge on any atom is 0.306 e. The van der Waals surface area contributed by atoms with Crippen molar-refractivity contribution in [3.05, 3.63) is 29.8 Å². The fourth-order valence-corrected chi connectivity index (χ4v) is 5.13. The predicted octanol–water partition coefficient (Wildman–Crippen LogP) is 2.04. The van der Waals surface area contributed by atoms with E-state index in [1.54, 1.807) is 17.0 Å². The van der Waals surface area contributed by atoms with Crippen molar-refractivity contribution in [1.82, 2.24) is 9.21 Å². The Morgan fingerprint density at radius 1 is 0.963 bits per heavy atom. The summed E-state index contributed by atoms with van der Waals surface area (Å²) in [5.41, 5.74) is 0.426. The Bertz CT molecular complexity index is 790. The minimum atomic E-state index is -3.53. The fourth-order valence-electron chi connectivity index (χ4n) is 3.66. The topological polar surface area (TPSA) is 95.0 Å². The zero-order chi connectivity index (χ0) is 19.6. The number of hydrogen-bond donors (Lipinski definition) is 1. The molecular weight excluding hydrogens is 368 g/mol. The van der Waals surface area contributed by atoms with Crippen LogP contribution in [0.3, 0.4) is 0 Å². The number of amides is 1. The lowest BCUT2D eigenvalue weighted by molar-refractivity contribution is -0.143. The Kier molecular flexibility index (Phi) is 5.86. The minimum Gasteiger partial charge on any atom is -0.481 e. The van der Waals surface area contributed by atoms with E-state index < -0.39 is 21.9 Å². The first-order chi connectivity index (χ1) is 12.8. The van der Waals surface area contributed by atoms with Crippen LogP contribution in [0.1, 0.15) is 43.0 Å². The van der Waals surface area contributed by atoms with Crippen LogP contribution < -0.4 is 0 Å². The van der Waals surface area contributed by atoms with Crippen LogP contribution in [0.25, 0.3) is 0 Å². The van der Waals surface area contributed by atoms with Gasteiger partial charge in [-0.2, -0.15) is 4.31 Å². The molecule has 2 aliphatic rings. The van der Waals surface area contributed by atoms with Gasteiger partial charge >= 0.3 is 5.97 Å².